The number of hydrogen-bond acceptors (Lipinski definition) is 2. The summed E-state index contributed by atoms with van der Waals surface area (Å²) in [4.78, 5) is 12.3. The van der Waals surface area contributed by atoms with Crippen molar-refractivity contribution in [3.05, 3.63) is 34.3 Å². The molecule has 0 aliphatic carbocycles. The Morgan fingerprint density at radius 3 is 2.75 bits per heavy atom. The lowest BCUT2D eigenvalue weighted by Crippen LogP contribution is -2.42. The predicted molar refractivity (Wildman–Crippen MR) is 83.5 cm³/mol. The van der Waals surface area contributed by atoms with Gasteiger partial charge in [0.15, 0.2) is 0 Å². The quantitative estimate of drug-likeness (QED) is 0.887. The van der Waals surface area contributed by atoms with Gasteiger partial charge >= 0.3 is 0 Å². The SMILES string of the molecule is CC(Cc1ccc(Br)cc1)NC(=O)C1CC2CCC1N2. The van der Waals surface area contributed by atoms with E-state index in [1.165, 1.54) is 12.0 Å². The lowest BCUT2D eigenvalue weighted by atomic mass is 9.88. The van der Waals surface area contributed by atoms with Crippen molar-refractivity contribution in [1.29, 1.82) is 0 Å². The molecule has 1 aromatic rings. The van der Waals surface area contributed by atoms with Gasteiger partial charge < -0.3 is 10.6 Å². The summed E-state index contributed by atoms with van der Waals surface area (Å²) in [6, 6.07) is 9.48. The van der Waals surface area contributed by atoms with Gasteiger partial charge in [0.2, 0.25) is 5.91 Å². The number of rotatable bonds is 4. The van der Waals surface area contributed by atoms with Crippen molar-refractivity contribution in [2.75, 3.05) is 0 Å². The zero-order chi connectivity index (χ0) is 14.1. The molecule has 3 rings (SSSR count). The van der Waals surface area contributed by atoms with E-state index >= 15 is 0 Å². The monoisotopic (exact) mass is 336 g/mol. The van der Waals surface area contributed by atoms with Crippen LogP contribution in [-0.4, -0.2) is 24.0 Å². The van der Waals surface area contributed by atoms with Crippen LogP contribution in [0.15, 0.2) is 28.7 Å². The first-order valence-corrected chi connectivity index (χ1v) is 8.22. The highest BCUT2D eigenvalue weighted by Crippen LogP contribution is 2.33. The van der Waals surface area contributed by atoms with E-state index in [-0.39, 0.29) is 17.9 Å². The Balaban J connectivity index is 1.52. The van der Waals surface area contributed by atoms with E-state index in [2.05, 4.69) is 45.6 Å². The second kappa shape index (κ2) is 5.86. The van der Waals surface area contributed by atoms with Gasteiger partial charge in [-0.1, -0.05) is 28.1 Å². The largest absolute Gasteiger partial charge is 0.353 e. The molecule has 2 heterocycles. The normalized spacial score (nSPS) is 29.4. The van der Waals surface area contributed by atoms with Crippen LogP contribution in [-0.2, 0) is 11.2 Å². The molecule has 0 saturated carbocycles. The highest BCUT2D eigenvalue weighted by Gasteiger charge is 2.42. The van der Waals surface area contributed by atoms with Crippen LogP contribution >= 0.6 is 15.9 Å². The Kier molecular flexibility index (Phi) is 4.13. The van der Waals surface area contributed by atoms with Gasteiger partial charge in [-0.25, -0.2) is 0 Å². The van der Waals surface area contributed by atoms with Crippen LogP contribution in [0.25, 0.3) is 0 Å². The molecule has 0 radical (unpaired) electrons. The molecule has 4 unspecified atom stereocenters. The van der Waals surface area contributed by atoms with E-state index in [1.54, 1.807) is 0 Å². The average Bonchev–Trinajstić information content (AvgIpc) is 3.03. The molecule has 2 aliphatic rings. The first kappa shape index (κ1) is 14.1. The standard InChI is InChI=1S/C16H21BrN2O/c1-10(8-11-2-4-12(17)5-3-11)18-16(20)14-9-13-6-7-15(14)19-13/h2-5,10,13-15,19H,6-9H2,1H3,(H,18,20). The van der Waals surface area contributed by atoms with Gasteiger partial charge in [0.25, 0.3) is 0 Å². The molecular formula is C16H21BrN2O. The lowest BCUT2D eigenvalue weighted by molar-refractivity contribution is -0.126. The van der Waals surface area contributed by atoms with Gasteiger partial charge in [-0.2, -0.15) is 0 Å². The maximum absolute atomic E-state index is 12.3. The summed E-state index contributed by atoms with van der Waals surface area (Å²) in [6.07, 6.45) is 4.29. The summed E-state index contributed by atoms with van der Waals surface area (Å²) in [5.41, 5.74) is 1.26. The van der Waals surface area contributed by atoms with Crippen LogP contribution < -0.4 is 10.6 Å². The van der Waals surface area contributed by atoms with E-state index in [4.69, 9.17) is 0 Å². The van der Waals surface area contributed by atoms with Crippen LogP contribution in [0.4, 0.5) is 0 Å². The van der Waals surface area contributed by atoms with E-state index in [0.717, 1.165) is 23.7 Å². The molecule has 2 saturated heterocycles. The second-order valence-corrected chi connectivity index (χ2v) is 7.05. The predicted octanol–water partition coefficient (Wildman–Crippen LogP) is 2.64. The Hall–Kier alpha value is -0.870. The minimum absolute atomic E-state index is 0.182. The molecule has 4 atom stereocenters. The van der Waals surface area contributed by atoms with Crippen LogP contribution in [0.3, 0.4) is 0 Å². The summed E-state index contributed by atoms with van der Waals surface area (Å²) < 4.78 is 1.09. The van der Waals surface area contributed by atoms with Gasteiger partial charge in [0.1, 0.15) is 0 Å². The van der Waals surface area contributed by atoms with Crippen molar-refractivity contribution in [1.82, 2.24) is 10.6 Å². The van der Waals surface area contributed by atoms with Crippen LogP contribution in [0.1, 0.15) is 31.7 Å². The third kappa shape index (κ3) is 3.07. The first-order valence-electron chi connectivity index (χ1n) is 7.42. The number of carbonyl (C=O) groups is 1. The summed E-state index contributed by atoms with van der Waals surface area (Å²) >= 11 is 3.44. The molecule has 1 aromatic carbocycles. The topological polar surface area (TPSA) is 41.1 Å². The third-order valence-electron chi connectivity index (χ3n) is 4.48. The van der Waals surface area contributed by atoms with Crippen LogP contribution in [0.2, 0.25) is 0 Å². The minimum Gasteiger partial charge on any atom is -0.353 e. The zero-order valence-electron chi connectivity index (χ0n) is 11.7. The summed E-state index contributed by atoms with van der Waals surface area (Å²) in [7, 11) is 0. The Bertz CT molecular complexity index is 488. The molecule has 20 heavy (non-hydrogen) atoms. The van der Waals surface area contributed by atoms with Gasteiger partial charge in [0, 0.05) is 22.6 Å². The zero-order valence-corrected chi connectivity index (χ0v) is 13.3. The maximum Gasteiger partial charge on any atom is 0.224 e. The van der Waals surface area contributed by atoms with E-state index in [0.29, 0.717) is 12.1 Å². The summed E-state index contributed by atoms with van der Waals surface area (Å²) in [6.45, 7) is 2.08. The van der Waals surface area contributed by atoms with Crippen molar-refractivity contribution >= 4 is 21.8 Å². The molecule has 2 bridgehead atoms. The van der Waals surface area contributed by atoms with Gasteiger partial charge in [0.05, 0.1) is 5.92 Å². The average molecular weight is 337 g/mol. The fourth-order valence-electron chi connectivity index (χ4n) is 3.49. The van der Waals surface area contributed by atoms with Crippen LogP contribution in [0.5, 0.6) is 0 Å². The number of carbonyl (C=O) groups excluding carboxylic acids is 1. The Labute approximate surface area is 128 Å². The van der Waals surface area contributed by atoms with E-state index in [9.17, 15) is 4.79 Å². The highest BCUT2D eigenvalue weighted by molar-refractivity contribution is 9.10. The van der Waals surface area contributed by atoms with Crippen molar-refractivity contribution in [3.63, 3.8) is 0 Å². The van der Waals surface area contributed by atoms with Crippen LogP contribution in [0, 0.1) is 5.92 Å². The highest BCUT2D eigenvalue weighted by atomic mass is 79.9. The van der Waals surface area contributed by atoms with Gasteiger partial charge in [-0.05, 0) is 50.3 Å². The maximum atomic E-state index is 12.3. The molecule has 2 N–H and O–H groups in total. The molecule has 3 nitrogen and oxygen atoms in total. The number of hydrogen-bond donors (Lipinski definition) is 2. The van der Waals surface area contributed by atoms with Crippen molar-refractivity contribution in [2.45, 2.75) is 50.7 Å². The smallest absolute Gasteiger partial charge is 0.224 e. The first-order chi connectivity index (χ1) is 9.61. The number of benzene rings is 1. The van der Waals surface area contributed by atoms with E-state index in [1.807, 2.05) is 12.1 Å². The fourth-order valence-corrected chi connectivity index (χ4v) is 3.75. The molecule has 0 spiro atoms. The molecule has 2 fully saturated rings. The summed E-state index contributed by atoms with van der Waals surface area (Å²) in [5, 5.41) is 6.70. The Morgan fingerprint density at radius 1 is 1.40 bits per heavy atom. The number of amides is 1. The molecule has 1 amide bonds. The lowest BCUT2D eigenvalue weighted by Gasteiger charge is -2.22. The van der Waals surface area contributed by atoms with E-state index < -0.39 is 0 Å². The third-order valence-corrected chi connectivity index (χ3v) is 5.01. The van der Waals surface area contributed by atoms with Crippen molar-refractivity contribution in [2.24, 2.45) is 5.92 Å². The molecular weight excluding hydrogens is 316 g/mol. The van der Waals surface area contributed by atoms with Crippen molar-refractivity contribution < 1.29 is 4.79 Å². The molecule has 108 valence electrons. The molecule has 0 aromatic heterocycles. The Morgan fingerprint density at radius 2 is 2.15 bits per heavy atom. The van der Waals surface area contributed by atoms with Gasteiger partial charge in [-0.3, -0.25) is 4.79 Å². The number of nitrogens with one attached hydrogen (secondary N) is 2. The molecule has 4 heteroatoms. The summed E-state index contributed by atoms with van der Waals surface area (Å²) in [5.74, 6) is 0.412. The van der Waals surface area contributed by atoms with Gasteiger partial charge in [-0.15, -0.1) is 0 Å². The minimum atomic E-state index is 0.182. The second-order valence-electron chi connectivity index (χ2n) is 6.13. The fraction of sp³-hybridized carbons (Fsp3) is 0.562. The molecule has 2 aliphatic heterocycles. The number of fused-ring (bicyclic) bond motifs is 2. The van der Waals surface area contributed by atoms with Crippen molar-refractivity contribution in [3.8, 4) is 0 Å². The number of halogens is 1.